The van der Waals surface area contributed by atoms with Gasteiger partial charge in [-0.25, -0.2) is 0 Å². The van der Waals surface area contributed by atoms with Crippen LogP contribution < -0.4 is 5.32 Å². The van der Waals surface area contributed by atoms with E-state index in [4.69, 9.17) is 4.55 Å². The van der Waals surface area contributed by atoms with Gasteiger partial charge in [0.1, 0.15) is 0 Å². The molecule has 0 heterocycles. The van der Waals surface area contributed by atoms with E-state index in [0.29, 0.717) is 80.0 Å². The molecule has 15 heteroatoms. The second-order valence-corrected chi connectivity index (χ2v) is 28.6. The topological polar surface area (TPSA) is 219 Å². The molecule has 0 aromatic heterocycles. The summed E-state index contributed by atoms with van der Waals surface area (Å²) >= 11 is 0. The van der Waals surface area contributed by atoms with Crippen molar-refractivity contribution in [3.63, 3.8) is 0 Å². The van der Waals surface area contributed by atoms with E-state index in [1.807, 2.05) is 0 Å². The van der Waals surface area contributed by atoms with Gasteiger partial charge in [-0.15, -0.1) is 0 Å². The Morgan fingerprint density at radius 2 is 1.06 bits per heavy atom. The van der Waals surface area contributed by atoms with Crippen LogP contribution in [0.2, 0.25) is 0 Å². The average molecular weight is 981 g/mol. The van der Waals surface area contributed by atoms with Crippen LogP contribution in [0.3, 0.4) is 0 Å². The standard InChI is InChI=1S/C52H88N2O11S2/c1-31(7-13-45(58)53-23-25-66(60,61)62)37-9-11-39-47-41(17-21-51(37,39)5)49(3)19-15-35(27-33(49)29-43(47)56)54(24-26-67(63,64)65)46(59)14-8-32(2)38-10-12-40-48-42(18-22-52(38,40)6)50(4)20-16-36(55)28-34(50)30-44(48)57/h31-44,47-48,55-57H,7-30H2,1-6H3,(H,53,58)(H,60,61,62)(H,63,64,65)/t31-,32+,33?,34?,35-,36+,37-,38+,39?,40?,41+,42-,43+,44-,47+,48-,49+,50-,51-,52+/m0/s1. The van der Waals surface area contributed by atoms with E-state index in [0.717, 1.165) is 89.9 Å². The molecule has 20 atom stereocenters. The Morgan fingerprint density at radius 3 is 1.58 bits per heavy atom. The van der Waals surface area contributed by atoms with E-state index in [2.05, 4.69) is 46.9 Å². The summed E-state index contributed by atoms with van der Waals surface area (Å²) in [6, 6.07) is -0.162. The van der Waals surface area contributed by atoms with Crippen molar-refractivity contribution in [3.05, 3.63) is 0 Å². The first kappa shape index (κ1) is 52.0. The molecule has 67 heavy (non-hydrogen) atoms. The number of fused-ring (bicyclic) bond motifs is 10. The van der Waals surface area contributed by atoms with Gasteiger partial charge in [0.25, 0.3) is 20.2 Å². The number of aliphatic hydroxyl groups is 3. The molecule has 0 radical (unpaired) electrons. The third kappa shape index (κ3) is 9.95. The van der Waals surface area contributed by atoms with E-state index in [1.54, 1.807) is 4.90 Å². The predicted molar refractivity (Wildman–Crippen MR) is 257 cm³/mol. The van der Waals surface area contributed by atoms with Crippen molar-refractivity contribution >= 4 is 32.1 Å². The quantitative estimate of drug-likeness (QED) is 0.0882. The maximum absolute atomic E-state index is 14.5. The minimum absolute atomic E-state index is 0.0200. The molecule has 13 nitrogen and oxygen atoms in total. The molecule has 0 aromatic rings. The molecule has 2 amide bonds. The average Bonchev–Trinajstić information content (AvgIpc) is 3.79. The molecule has 6 N–H and O–H groups in total. The third-order valence-corrected chi connectivity index (χ3v) is 23.9. The molecule has 0 spiro atoms. The van der Waals surface area contributed by atoms with Gasteiger partial charge < -0.3 is 25.5 Å². The fourth-order valence-electron chi connectivity index (χ4n) is 19.0. The number of hydrogen-bond acceptors (Lipinski definition) is 9. The van der Waals surface area contributed by atoms with Crippen molar-refractivity contribution in [1.29, 1.82) is 0 Å². The number of nitrogens with zero attached hydrogens (tertiary/aromatic N) is 1. The summed E-state index contributed by atoms with van der Waals surface area (Å²) in [7, 11) is -8.44. The fourth-order valence-corrected chi connectivity index (χ4v) is 19.8. The lowest BCUT2D eigenvalue weighted by atomic mass is 9.43. The van der Waals surface area contributed by atoms with E-state index in [-0.39, 0.29) is 94.4 Å². The molecule has 8 saturated carbocycles. The molecule has 0 saturated heterocycles. The third-order valence-electron chi connectivity index (χ3n) is 22.5. The lowest BCUT2D eigenvalue weighted by Crippen LogP contribution is -2.60. The van der Waals surface area contributed by atoms with E-state index in [9.17, 15) is 46.3 Å². The molecular formula is C52H88N2O11S2. The molecule has 4 unspecified atom stereocenters. The van der Waals surface area contributed by atoms with Gasteiger partial charge in [0, 0.05) is 32.0 Å². The first-order valence-electron chi connectivity index (χ1n) is 26.8. The summed E-state index contributed by atoms with van der Waals surface area (Å²) in [5.41, 5.74) is 0.273. The lowest BCUT2D eigenvalue weighted by Gasteiger charge is -2.63. The Morgan fingerprint density at radius 1 is 0.597 bits per heavy atom. The zero-order valence-electron chi connectivity index (χ0n) is 41.7. The van der Waals surface area contributed by atoms with Crippen LogP contribution in [0.4, 0.5) is 0 Å². The minimum atomic E-state index is -4.30. The van der Waals surface area contributed by atoms with Crippen LogP contribution >= 0.6 is 0 Å². The van der Waals surface area contributed by atoms with Gasteiger partial charge >= 0.3 is 0 Å². The maximum atomic E-state index is 14.5. The highest BCUT2D eigenvalue weighted by molar-refractivity contribution is 7.86. The van der Waals surface area contributed by atoms with Crippen LogP contribution in [0.15, 0.2) is 0 Å². The van der Waals surface area contributed by atoms with Gasteiger partial charge in [0.15, 0.2) is 0 Å². The van der Waals surface area contributed by atoms with Crippen molar-refractivity contribution in [2.45, 2.75) is 194 Å². The largest absolute Gasteiger partial charge is 0.393 e. The van der Waals surface area contributed by atoms with Gasteiger partial charge in [-0.3, -0.25) is 18.7 Å². The Balaban J connectivity index is 0.890. The number of nitrogens with one attached hydrogen (secondary N) is 1. The Bertz CT molecular complexity index is 2040. The number of carbonyl (C=O) groups excluding carboxylic acids is 2. The minimum Gasteiger partial charge on any atom is -0.393 e. The molecule has 8 aliphatic carbocycles. The molecular weight excluding hydrogens is 893 g/mol. The van der Waals surface area contributed by atoms with Crippen LogP contribution in [-0.4, -0.2) is 107 Å². The molecule has 8 fully saturated rings. The molecule has 384 valence electrons. The molecule has 8 rings (SSSR count). The fraction of sp³-hybridized carbons (Fsp3) is 0.962. The Hall–Kier alpha value is -1.36. The van der Waals surface area contributed by atoms with Crippen molar-refractivity contribution < 1.29 is 50.8 Å². The summed E-state index contributed by atoms with van der Waals surface area (Å²) in [6.45, 7) is 14.1. The number of aliphatic hydroxyl groups excluding tert-OH is 3. The zero-order chi connectivity index (χ0) is 48.6. The van der Waals surface area contributed by atoms with Gasteiger partial charge in [0.2, 0.25) is 11.8 Å². The maximum Gasteiger partial charge on any atom is 0.266 e. The number of carbonyl (C=O) groups is 2. The van der Waals surface area contributed by atoms with E-state index >= 15 is 0 Å². The van der Waals surface area contributed by atoms with Crippen LogP contribution in [0.1, 0.15) is 170 Å². The van der Waals surface area contributed by atoms with Gasteiger partial charge in [-0.05, 0) is 208 Å². The number of hydrogen-bond donors (Lipinski definition) is 6. The molecule has 0 bridgehead atoms. The van der Waals surface area contributed by atoms with Crippen molar-refractivity contribution in [2.75, 3.05) is 24.6 Å². The summed E-state index contributed by atoms with van der Waals surface area (Å²) < 4.78 is 65.5. The van der Waals surface area contributed by atoms with Crippen LogP contribution in [-0.2, 0) is 29.8 Å². The van der Waals surface area contributed by atoms with Crippen LogP contribution in [0, 0.1) is 92.7 Å². The van der Waals surface area contributed by atoms with Gasteiger partial charge in [-0.2, -0.15) is 16.8 Å². The van der Waals surface area contributed by atoms with Crippen LogP contribution in [0.25, 0.3) is 0 Å². The first-order valence-corrected chi connectivity index (χ1v) is 30.0. The van der Waals surface area contributed by atoms with Gasteiger partial charge in [-0.1, -0.05) is 41.5 Å². The lowest BCUT2D eigenvalue weighted by molar-refractivity contribution is -0.174. The predicted octanol–water partition coefficient (Wildman–Crippen LogP) is 7.53. The van der Waals surface area contributed by atoms with Crippen LogP contribution in [0.5, 0.6) is 0 Å². The highest BCUT2D eigenvalue weighted by Gasteiger charge is 2.65. The van der Waals surface area contributed by atoms with Gasteiger partial charge in [0.05, 0.1) is 29.8 Å². The highest BCUT2D eigenvalue weighted by Crippen LogP contribution is 2.70. The first-order chi connectivity index (χ1) is 31.3. The van der Waals surface area contributed by atoms with Crippen molar-refractivity contribution in [1.82, 2.24) is 10.2 Å². The van der Waals surface area contributed by atoms with E-state index < -0.39 is 37.8 Å². The molecule has 0 aliphatic heterocycles. The zero-order valence-corrected chi connectivity index (χ0v) is 43.3. The summed E-state index contributed by atoms with van der Waals surface area (Å²) in [6.07, 6.45) is 16.1. The number of rotatable bonds is 15. The summed E-state index contributed by atoms with van der Waals surface area (Å²) in [5, 5.41) is 37.1. The normalized spacial score (nSPS) is 45.8. The molecule has 0 aromatic carbocycles. The SMILES string of the molecule is C[C@H](CCC(=O)N(CCS(=O)(=O)O)[C@H]1CC[C@]2(C)C(C1)C[C@@H](O)[C@@H]1C3CC[C@@H]([C@@H](C)CCC(=O)NCCS(=O)(=O)O)[C@]3(C)CC[C@H]12)[C@H]1CCC2[C@@H]3[C@@H](O)CC4C[C@H](O)CC[C@]4(C)[C@H]3CC[C@@]21C. The van der Waals surface area contributed by atoms with E-state index in [1.165, 1.54) is 0 Å². The summed E-state index contributed by atoms with van der Waals surface area (Å²) in [5.74, 6) is 2.78. The monoisotopic (exact) mass is 981 g/mol. The number of amides is 2. The Kier molecular flexibility index (Phi) is 14.9. The highest BCUT2D eigenvalue weighted by atomic mass is 32.2. The van der Waals surface area contributed by atoms with Crippen molar-refractivity contribution in [3.8, 4) is 0 Å². The Labute approximate surface area is 403 Å². The second-order valence-electron chi connectivity index (χ2n) is 25.4. The second kappa shape index (κ2) is 19.2. The summed E-state index contributed by atoms with van der Waals surface area (Å²) in [4.78, 5) is 28.8. The van der Waals surface area contributed by atoms with Crippen molar-refractivity contribution in [2.24, 2.45) is 92.7 Å². The molecule has 8 aliphatic rings. The smallest absolute Gasteiger partial charge is 0.266 e.